The lowest BCUT2D eigenvalue weighted by atomic mass is 10.1. The van der Waals surface area contributed by atoms with Crippen LogP contribution in [0.3, 0.4) is 0 Å². The fraction of sp³-hybridized carbons (Fsp3) is 0.250. The summed E-state index contributed by atoms with van der Waals surface area (Å²) < 4.78 is 5.26. The number of hydrogen-bond acceptors (Lipinski definition) is 5. The van der Waals surface area contributed by atoms with Crippen LogP contribution in [0.5, 0.6) is 0 Å². The molecule has 0 fully saturated rings. The van der Waals surface area contributed by atoms with Crippen molar-refractivity contribution < 1.29 is 9.21 Å². The van der Waals surface area contributed by atoms with Crippen molar-refractivity contribution in [2.45, 2.75) is 13.0 Å². The van der Waals surface area contributed by atoms with Crippen molar-refractivity contribution in [2.24, 2.45) is 0 Å². The first kappa shape index (κ1) is 10.8. The predicted octanol–water partition coefficient (Wildman–Crippen LogP) is 0.850. The summed E-state index contributed by atoms with van der Waals surface area (Å²) in [5, 5.41) is 0. The number of nitrogens with zero attached hydrogens (tertiary/aromatic N) is 3. The van der Waals surface area contributed by atoms with Gasteiger partial charge in [0.2, 0.25) is 0 Å². The van der Waals surface area contributed by atoms with Crippen molar-refractivity contribution in [1.29, 1.82) is 0 Å². The highest BCUT2D eigenvalue weighted by Gasteiger charge is 2.25. The lowest BCUT2D eigenvalue weighted by molar-refractivity contribution is 0.0728. The Labute approximate surface area is 103 Å². The zero-order chi connectivity index (χ0) is 12.5. The van der Waals surface area contributed by atoms with Crippen LogP contribution in [-0.2, 0) is 13.0 Å². The van der Waals surface area contributed by atoms with Gasteiger partial charge in [0.05, 0.1) is 6.54 Å². The van der Waals surface area contributed by atoms with E-state index in [1.807, 2.05) is 0 Å². The first-order valence-electron chi connectivity index (χ1n) is 5.67. The van der Waals surface area contributed by atoms with Crippen LogP contribution >= 0.6 is 0 Å². The van der Waals surface area contributed by atoms with Gasteiger partial charge in [0.25, 0.3) is 11.9 Å². The highest BCUT2D eigenvalue weighted by atomic mass is 16.4. The lowest BCUT2D eigenvalue weighted by Crippen LogP contribution is -2.35. The van der Waals surface area contributed by atoms with E-state index in [9.17, 15) is 4.79 Å². The van der Waals surface area contributed by atoms with Crippen molar-refractivity contribution in [3.63, 3.8) is 0 Å². The molecule has 0 spiro atoms. The van der Waals surface area contributed by atoms with Crippen molar-refractivity contribution in [3.8, 4) is 0 Å². The molecule has 0 aromatic carbocycles. The first-order chi connectivity index (χ1) is 8.74. The summed E-state index contributed by atoms with van der Waals surface area (Å²) in [6.07, 6.45) is 3.86. The van der Waals surface area contributed by atoms with E-state index in [-0.39, 0.29) is 11.9 Å². The molecule has 0 unspecified atom stereocenters. The van der Waals surface area contributed by atoms with Gasteiger partial charge in [0, 0.05) is 30.9 Å². The molecule has 0 aliphatic carbocycles. The number of carbonyl (C=O) groups is 1. The Morgan fingerprint density at radius 3 is 2.94 bits per heavy atom. The fourth-order valence-electron chi connectivity index (χ4n) is 2.07. The smallest absolute Gasteiger partial charge is 0.292 e. The van der Waals surface area contributed by atoms with Crippen LogP contribution in [0.15, 0.2) is 28.9 Å². The second-order valence-corrected chi connectivity index (χ2v) is 4.13. The molecular formula is C12H12N4O2. The average molecular weight is 244 g/mol. The van der Waals surface area contributed by atoms with Gasteiger partial charge in [-0.25, -0.2) is 0 Å². The van der Waals surface area contributed by atoms with Gasteiger partial charge >= 0.3 is 0 Å². The third-order valence-corrected chi connectivity index (χ3v) is 2.96. The van der Waals surface area contributed by atoms with Gasteiger partial charge in [-0.3, -0.25) is 9.78 Å². The van der Waals surface area contributed by atoms with Crippen molar-refractivity contribution >= 4 is 11.9 Å². The van der Waals surface area contributed by atoms with Gasteiger partial charge in [-0.15, -0.1) is 0 Å². The Morgan fingerprint density at radius 2 is 2.17 bits per heavy atom. The van der Waals surface area contributed by atoms with E-state index >= 15 is 0 Å². The normalized spacial score (nSPS) is 14.3. The van der Waals surface area contributed by atoms with Crippen LogP contribution in [0.25, 0.3) is 0 Å². The molecule has 0 saturated heterocycles. The number of pyridine rings is 1. The highest BCUT2D eigenvalue weighted by Crippen LogP contribution is 2.21. The Morgan fingerprint density at radius 1 is 1.39 bits per heavy atom. The number of anilines is 1. The number of nitrogen functional groups attached to an aromatic ring is 1. The molecule has 0 bridgehead atoms. The molecule has 3 heterocycles. The Hall–Kier alpha value is -2.37. The van der Waals surface area contributed by atoms with Crippen molar-refractivity contribution in [1.82, 2.24) is 14.9 Å². The number of rotatable bonds is 1. The number of fused-ring (bicyclic) bond motifs is 1. The predicted molar refractivity (Wildman–Crippen MR) is 63.6 cm³/mol. The second kappa shape index (κ2) is 4.14. The maximum Gasteiger partial charge on any atom is 0.292 e. The number of amides is 1. The van der Waals surface area contributed by atoms with Crippen LogP contribution < -0.4 is 5.73 Å². The summed E-state index contributed by atoms with van der Waals surface area (Å²) in [5.74, 6) is 0.760. The summed E-state index contributed by atoms with van der Waals surface area (Å²) in [4.78, 5) is 21.9. The summed E-state index contributed by atoms with van der Waals surface area (Å²) in [7, 11) is 0. The highest BCUT2D eigenvalue weighted by molar-refractivity contribution is 5.94. The molecule has 1 amide bonds. The van der Waals surface area contributed by atoms with Gasteiger partial charge in [-0.2, -0.15) is 4.98 Å². The lowest BCUT2D eigenvalue weighted by Gasteiger charge is -2.25. The van der Waals surface area contributed by atoms with E-state index in [1.165, 1.54) is 0 Å². The first-order valence-corrected chi connectivity index (χ1v) is 5.67. The third-order valence-electron chi connectivity index (χ3n) is 2.96. The molecule has 92 valence electrons. The van der Waals surface area contributed by atoms with Crippen LogP contribution in [-0.4, -0.2) is 27.3 Å². The number of nitrogens with two attached hydrogens (primary N) is 1. The maximum absolute atomic E-state index is 12.2. The molecule has 0 saturated carbocycles. The zero-order valence-electron chi connectivity index (χ0n) is 9.67. The van der Waals surface area contributed by atoms with Crippen LogP contribution in [0.2, 0.25) is 0 Å². The Bertz CT molecular complexity index is 579. The number of aromatic nitrogens is 2. The Kier molecular flexibility index (Phi) is 2.47. The Balaban J connectivity index is 1.82. The molecule has 3 rings (SSSR count). The minimum absolute atomic E-state index is 0.0235. The monoisotopic (exact) mass is 244 g/mol. The number of carbonyl (C=O) groups excluding carboxylic acids is 1. The summed E-state index contributed by atoms with van der Waals surface area (Å²) in [6, 6.07) is 3.57. The van der Waals surface area contributed by atoms with E-state index in [4.69, 9.17) is 10.2 Å². The van der Waals surface area contributed by atoms with Gasteiger partial charge < -0.3 is 15.1 Å². The molecular weight excluding hydrogens is 232 g/mol. The molecule has 2 aromatic heterocycles. The molecule has 6 nitrogen and oxygen atoms in total. The van der Waals surface area contributed by atoms with Crippen LogP contribution in [0, 0.1) is 0 Å². The fourth-order valence-corrected chi connectivity index (χ4v) is 2.07. The molecule has 18 heavy (non-hydrogen) atoms. The van der Waals surface area contributed by atoms with Gasteiger partial charge in [0.1, 0.15) is 11.5 Å². The zero-order valence-corrected chi connectivity index (χ0v) is 9.67. The van der Waals surface area contributed by atoms with E-state index in [1.54, 1.807) is 29.4 Å². The average Bonchev–Trinajstić information content (AvgIpc) is 2.78. The molecule has 2 N–H and O–H groups in total. The second-order valence-electron chi connectivity index (χ2n) is 4.13. The molecule has 6 heteroatoms. The van der Waals surface area contributed by atoms with E-state index in [0.717, 1.165) is 11.5 Å². The number of hydrogen-bond donors (Lipinski definition) is 1. The third kappa shape index (κ3) is 1.81. The molecule has 0 atom stereocenters. The topological polar surface area (TPSA) is 85.2 Å². The quantitative estimate of drug-likeness (QED) is 0.803. The largest absolute Gasteiger partial charge is 0.428 e. The minimum atomic E-state index is -0.0235. The van der Waals surface area contributed by atoms with Crippen molar-refractivity contribution in [2.75, 3.05) is 12.3 Å². The molecule has 1 aliphatic heterocycles. The summed E-state index contributed by atoms with van der Waals surface area (Å²) >= 11 is 0. The minimum Gasteiger partial charge on any atom is -0.428 e. The maximum atomic E-state index is 12.2. The van der Waals surface area contributed by atoms with E-state index in [2.05, 4.69) is 9.97 Å². The van der Waals surface area contributed by atoms with Crippen LogP contribution in [0.4, 0.5) is 6.01 Å². The van der Waals surface area contributed by atoms with E-state index < -0.39 is 0 Å². The van der Waals surface area contributed by atoms with Crippen molar-refractivity contribution in [3.05, 3.63) is 41.5 Å². The number of oxazole rings is 1. The SMILES string of the molecule is Nc1nc2c(o1)CCN(C(=O)c1ccncc1)C2. The molecule has 1 aliphatic rings. The molecule has 0 radical (unpaired) electrons. The van der Waals surface area contributed by atoms with Gasteiger partial charge in [-0.05, 0) is 12.1 Å². The van der Waals surface area contributed by atoms with E-state index in [0.29, 0.717) is 25.1 Å². The summed E-state index contributed by atoms with van der Waals surface area (Å²) in [6.45, 7) is 1.06. The van der Waals surface area contributed by atoms with Gasteiger partial charge in [-0.1, -0.05) is 0 Å². The van der Waals surface area contributed by atoms with Gasteiger partial charge in [0.15, 0.2) is 0 Å². The summed E-state index contributed by atoms with van der Waals surface area (Å²) in [5.41, 5.74) is 6.88. The molecule has 2 aromatic rings. The standard InChI is InChI=1S/C12H12N4O2/c13-12-15-9-7-16(6-3-10(9)18-12)11(17)8-1-4-14-5-2-8/h1-2,4-5H,3,6-7H2,(H2,13,15). The van der Waals surface area contributed by atoms with Crippen LogP contribution in [0.1, 0.15) is 21.8 Å².